The topological polar surface area (TPSA) is 225 Å². The lowest BCUT2D eigenvalue weighted by atomic mass is 10.1. The van der Waals surface area contributed by atoms with Crippen LogP contribution in [0.3, 0.4) is 0 Å². The fourth-order valence-corrected chi connectivity index (χ4v) is 2.91. The number of nitrogens with zero attached hydrogens (tertiary/aromatic N) is 4. The molecule has 1 heterocycles. The van der Waals surface area contributed by atoms with Crippen LogP contribution in [0, 0.1) is 26.9 Å². The molecule has 14 nitrogen and oxygen atoms in total. The molecular formula is C23H22N8O6. The second-order valence-corrected chi connectivity index (χ2v) is 8.39. The number of anilines is 2. The Bertz CT molecular complexity index is 1430. The lowest BCUT2D eigenvalue weighted by Crippen LogP contribution is -2.24. The van der Waals surface area contributed by atoms with E-state index in [1.807, 2.05) is 6.07 Å². The fraction of sp³-hybridized carbons (Fsp3) is 0.174. The van der Waals surface area contributed by atoms with Crippen LogP contribution >= 0.6 is 0 Å². The van der Waals surface area contributed by atoms with Crippen LogP contribution in [0.25, 0.3) is 0 Å². The van der Waals surface area contributed by atoms with Crippen LogP contribution in [0.4, 0.5) is 17.2 Å². The van der Waals surface area contributed by atoms with Crippen molar-refractivity contribution in [2.75, 3.05) is 11.1 Å². The summed E-state index contributed by atoms with van der Waals surface area (Å²) in [7, 11) is 0. The average Bonchev–Trinajstić information content (AvgIpc) is 2.77. The Hall–Kier alpha value is -5.45. The van der Waals surface area contributed by atoms with Gasteiger partial charge in [-0.25, -0.2) is 4.79 Å². The van der Waals surface area contributed by atoms with Crippen LogP contribution in [-0.4, -0.2) is 32.4 Å². The molecule has 0 atom stereocenters. The second kappa shape index (κ2) is 10.4. The lowest BCUT2D eigenvalue weighted by molar-refractivity contribution is -0.385. The van der Waals surface area contributed by atoms with E-state index in [1.165, 1.54) is 24.3 Å². The smallest absolute Gasteiger partial charge is 0.373 e. The first-order valence-electron chi connectivity index (χ1n) is 10.5. The summed E-state index contributed by atoms with van der Waals surface area (Å²) in [5.74, 6) is -2.03. The number of carbonyl (C=O) groups excluding carboxylic acids is 1. The highest BCUT2D eigenvalue weighted by Gasteiger charge is 2.27. The Kier molecular flexibility index (Phi) is 7.38. The maximum atomic E-state index is 12.6. The maximum Gasteiger partial charge on any atom is 0.373 e. The van der Waals surface area contributed by atoms with E-state index in [0.29, 0.717) is 5.69 Å². The number of nitrogen functional groups attached to an aromatic ring is 1. The SMILES string of the molecule is CC(C)(C)OC(=O)c1cc(Oc2nc(Oc3cccc(NC(=N)N)c3)nc(N)c2[N+](=O)[O-])ccc1C#N. The van der Waals surface area contributed by atoms with Crippen molar-refractivity contribution in [1.82, 2.24) is 9.97 Å². The first-order chi connectivity index (χ1) is 17.4. The van der Waals surface area contributed by atoms with E-state index in [-0.39, 0.29) is 34.6 Å². The van der Waals surface area contributed by atoms with Gasteiger partial charge >= 0.3 is 23.5 Å². The lowest BCUT2D eigenvalue weighted by Gasteiger charge is -2.20. The van der Waals surface area contributed by atoms with E-state index >= 15 is 0 Å². The number of nitrogens with one attached hydrogen (secondary N) is 2. The largest absolute Gasteiger partial charge is 0.456 e. The van der Waals surface area contributed by atoms with Gasteiger partial charge in [0, 0.05) is 11.8 Å². The van der Waals surface area contributed by atoms with Gasteiger partial charge in [-0.05, 0) is 51.1 Å². The molecule has 190 valence electrons. The van der Waals surface area contributed by atoms with Gasteiger partial charge in [-0.3, -0.25) is 15.5 Å². The zero-order chi connectivity index (χ0) is 27.3. The zero-order valence-electron chi connectivity index (χ0n) is 19.9. The molecule has 0 aliphatic rings. The van der Waals surface area contributed by atoms with Crippen molar-refractivity contribution in [3.63, 3.8) is 0 Å². The molecule has 0 radical (unpaired) electrons. The van der Waals surface area contributed by atoms with Crippen molar-refractivity contribution in [3.05, 3.63) is 63.7 Å². The van der Waals surface area contributed by atoms with Gasteiger partial charge in [0.2, 0.25) is 5.82 Å². The van der Waals surface area contributed by atoms with Gasteiger partial charge in [0.05, 0.1) is 16.1 Å². The molecule has 37 heavy (non-hydrogen) atoms. The minimum absolute atomic E-state index is 0.0152. The van der Waals surface area contributed by atoms with Gasteiger partial charge in [0.15, 0.2) is 5.96 Å². The Morgan fingerprint density at radius 1 is 1.16 bits per heavy atom. The third-order valence-corrected chi connectivity index (χ3v) is 4.31. The molecule has 0 amide bonds. The number of carbonyl (C=O) groups is 1. The highest BCUT2D eigenvalue weighted by atomic mass is 16.6. The Balaban J connectivity index is 1.99. The van der Waals surface area contributed by atoms with Crippen LogP contribution in [0.1, 0.15) is 36.7 Å². The van der Waals surface area contributed by atoms with Crippen molar-refractivity contribution >= 4 is 29.1 Å². The number of rotatable bonds is 7. The van der Waals surface area contributed by atoms with Crippen LogP contribution in [-0.2, 0) is 4.74 Å². The predicted molar refractivity (Wildman–Crippen MR) is 132 cm³/mol. The van der Waals surface area contributed by atoms with Gasteiger partial charge in [0.25, 0.3) is 0 Å². The number of esters is 1. The van der Waals surface area contributed by atoms with Crippen molar-refractivity contribution in [2.24, 2.45) is 5.73 Å². The van der Waals surface area contributed by atoms with Gasteiger partial charge in [0.1, 0.15) is 23.2 Å². The number of nitrogens with two attached hydrogens (primary N) is 2. The molecule has 3 aromatic rings. The summed E-state index contributed by atoms with van der Waals surface area (Å²) in [5, 5.41) is 30.9. The number of hydrogen-bond donors (Lipinski definition) is 4. The fourth-order valence-electron chi connectivity index (χ4n) is 2.91. The average molecular weight is 506 g/mol. The van der Waals surface area contributed by atoms with Crippen LogP contribution in [0.5, 0.6) is 23.4 Å². The molecule has 0 unspecified atom stereocenters. The summed E-state index contributed by atoms with van der Waals surface area (Å²) in [6.45, 7) is 4.99. The highest BCUT2D eigenvalue weighted by Crippen LogP contribution is 2.36. The predicted octanol–water partition coefficient (Wildman–Crippen LogP) is 3.68. The number of benzene rings is 2. The van der Waals surface area contributed by atoms with Gasteiger partial charge < -0.3 is 31.0 Å². The molecule has 0 bridgehead atoms. The molecule has 0 fully saturated rings. The van der Waals surface area contributed by atoms with E-state index in [9.17, 15) is 20.2 Å². The Labute approximate surface area is 210 Å². The first-order valence-corrected chi connectivity index (χ1v) is 10.5. The standard InChI is InChI=1S/C23H22N8O6/c1-23(2,3)37-20(32)16-10-15(8-7-12(16)11-24)35-19-17(31(33)34)18(25)29-22(30-19)36-14-6-4-5-13(9-14)28-21(26)27/h4-10H,1-3H3,(H2,25,29,30)(H4,26,27,28). The molecule has 2 aromatic carbocycles. The molecule has 0 aliphatic carbocycles. The quantitative estimate of drug-likeness (QED) is 0.118. The Morgan fingerprint density at radius 3 is 2.49 bits per heavy atom. The number of guanidine groups is 1. The molecule has 3 rings (SSSR count). The van der Waals surface area contributed by atoms with Crippen LogP contribution in [0.2, 0.25) is 0 Å². The molecule has 0 spiro atoms. The molecular weight excluding hydrogens is 484 g/mol. The summed E-state index contributed by atoms with van der Waals surface area (Å²) in [6.07, 6.45) is 0. The van der Waals surface area contributed by atoms with E-state index in [2.05, 4.69) is 15.3 Å². The normalized spacial score (nSPS) is 10.6. The molecule has 0 aliphatic heterocycles. The first kappa shape index (κ1) is 26.2. The molecule has 6 N–H and O–H groups in total. The Morgan fingerprint density at radius 2 is 1.86 bits per heavy atom. The minimum Gasteiger partial charge on any atom is -0.456 e. The third kappa shape index (κ3) is 6.79. The minimum atomic E-state index is -0.829. The van der Waals surface area contributed by atoms with Crippen molar-refractivity contribution in [1.29, 1.82) is 10.7 Å². The molecule has 0 saturated heterocycles. The van der Waals surface area contributed by atoms with Crippen molar-refractivity contribution < 1.29 is 23.9 Å². The van der Waals surface area contributed by atoms with E-state index in [4.69, 9.17) is 31.1 Å². The summed E-state index contributed by atoms with van der Waals surface area (Å²) in [5.41, 5.74) is 9.90. The third-order valence-electron chi connectivity index (χ3n) is 4.31. The number of aromatic nitrogens is 2. The number of nitro groups is 1. The van der Waals surface area contributed by atoms with E-state index in [1.54, 1.807) is 39.0 Å². The second-order valence-electron chi connectivity index (χ2n) is 8.39. The number of nitriles is 1. The van der Waals surface area contributed by atoms with Crippen LogP contribution in [0.15, 0.2) is 42.5 Å². The molecule has 0 saturated carbocycles. The molecule has 1 aromatic heterocycles. The van der Waals surface area contributed by atoms with Crippen LogP contribution < -0.4 is 26.3 Å². The monoisotopic (exact) mass is 506 g/mol. The summed E-state index contributed by atoms with van der Waals surface area (Å²) in [6, 6.07) is 11.6. The summed E-state index contributed by atoms with van der Waals surface area (Å²) < 4.78 is 16.5. The highest BCUT2D eigenvalue weighted by molar-refractivity contribution is 5.93. The maximum absolute atomic E-state index is 12.6. The summed E-state index contributed by atoms with van der Waals surface area (Å²) >= 11 is 0. The van der Waals surface area contributed by atoms with Crippen molar-refractivity contribution in [2.45, 2.75) is 26.4 Å². The van der Waals surface area contributed by atoms with E-state index in [0.717, 1.165) is 0 Å². The van der Waals surface area contributed by atoms with Crippen molar-refractivity contribution in [3.8, 4) is 29.5 Å². The van der Waals surface area contributed by atoms with Gasteiger partial charge in [-0.2, -0.15) is 15.2 Å². The zero-order valence-corrected chi connectivity index (χ0v) is 19.9. The number of hydrogen-bond acceptors (Lipinski definition) is 11. The van der Waals surface area contributed by atoms with Gasteiger partial charge in [-0.15, -0.1) is 0 Å². The summed E-state index contributed by atoms with van der Waals surface area (Å²) in [4.78, 5) is 31.2. The number of ether oxygens (including phenoxy) is 3. The van der Waals surface area contributed by atoms with Gasteiger partial charge in [-0.1, -0.05) is 6.07 Å². The molecule has 14 heteroatoms. The van der Waals surface area contributed by atoms with E-state index < -0.39 is 33.9 Å².